The molecule has 14 heteroatoms. The van der Waals surface area contributed by atoms with Gasteiger partial charge in [0.2, 0.25) is 5.91 Å². The molecule has 0 spiro atoms. The minimum atomic E-state index is -1.00. The van der Waals surface area contributed by atoms with Gasteiger partial charge in [-0.25, -0.2) is 23.8 Å². The Kier molecular flexibility index (Phi) is 11.6. The summed E-state index contributed by atoms with van der Waals surface area (Å²) in [6.45, 7) is 11.6. The molecule has 0 bridgehead atoms. The van der Waals surface area contributed by atoms with Gasteiger partial charge in [-0.1, -0.05) is 41.9 Å². The lowest BCUT2D eigenvalue weighted by Gasteiger charge is -2.29. The number of nitrogens with one attached hydrogen (secondary N) is 2. The summed E-state index contributed by atoms with van der Waals surface area (Å²) >= 11 is 6.47. The second-order valence-corrected chi connectivity index (χ2v) is 13.6. The molecule has 0 aliphatic carbocycles. The maximum absolute atomic E-state index is 15.9. The number of ether oxygens (including phenoxy) is 3. The van der Waals surface area contributed by atoms with Crippen LogP contribution in [0.3, 0.4) is 0 Å². The van der Waals surface area contributed by atoms with Crippen LogP contribution in [0.15, 0.2) is 61.1 Å². The predicted octanol–water partition coefficient (Wildman–Crippen LogP) is 8.33. The van der Waals surface area contributed by atoms with E-state index in [0.717, 1.165) is 10.5 Å². The van der Waals surface area contributed by atoms with Gasteiger partial charge in [-0.05, 0) is 77.1 Å². The third-order valence-corrected chi connectivity index (χ3v) is 7.24. The number of hydrogen-bond acceptors (Lipinski definition) is 9. The fraction of sp³-hybridized carbons (Fsp3) is 0.333. The Hall–Kier alpha value is -5.30. The first kappa shape index (κ1) is 37.5. The van der Waals surface area contributed by atoms with E-state index in [1.165, 1.54) is 30.7 Å². The molecule has 0 fully saturated rings. The van der Waals surface area contributed by atoms with Crippen LogP contribution in [0.1, 0.15) is 59.1 Å². The highest BCUT2D eigenvalue weighted by molar-refractivity contribution is 6.36. The number of benzene rings is 2. The van der Waals surface area contributed by atoms with E-state index >= 15 is 4.39 Å². The lowest BCUT2D eigenvalue weighted by Crippen LogP contribution is -2.44. The number of hydrogen-bond donors (Lipinski definition) is 2. The van der Waals surface area contributed by atoms with Crippen molar-refractivity contribution in [2.24, 2.45) is 0 Å². The third kappa shape index (κ3) is 9.88. The predicted molar refractivity (Wildman–Crippen MR) is 188 cm³/mol. The molecule has 0 saturated heterocycles. The fourth-order valence-electron chi connectivity index (χ4n) is 4.65. The summed E-state index contributed by atoms with van der Waals surface area (Å²) < 4.78 is 32.0. The molecule has 2 heterocycles. The van der Waals surface area contributed by atoms with E-state index in [2.05, 4.69) is 20.6 Å². The Balaban J connectivity index is 1.56. The largest absolute Gasteiger partial charge is 0.445 e. The van der Waals surface area contributed by atoms with Gasteiger partial charge in [0.1, 0.15) is 29.4 Å². The van der Waals surface area contributed by atoms with Crippen molar-refractivity contribution < 1.29 is 37.8 Å². The number of carbonyl (C=O) groups is 4. The number of pyridine rings is 2. The van der Waals surface area contributed by atoms with E-state index in [1.807, 2.05) is 30.3 Å². The zero-order chi connectivity index (χ0) is 36.8. The van der Waals surface area contributed by atoms with Crippen molar-refractivity contribution in [1.82, 2.24) is 15.3 Å². The monoisotopic (exact) mass is 707 g/mol. The quantitative estimate of drug-likeness (QED) is 0.172. The molecule has 0 unspecified atom stereocenters. The van der Waals surface area contributed by atoms with Crippen LogP contribution in [0, 0.1) is 12.7 Å². The molecule has 264 valence electrons. The molecule has 4 rings (SSSR count). The first-order valence-corrected chi connectivity index (χ1v) is 16.0. The summed E-state index contributed by atoms with van der Waals surface area (Å²) in [4.78, 5) is 60.3. The Bertz CT molecular complexity index is 1880. The lowest BCUT2D eigenvalue weighted by atomic mass is 9.98. The van der Waals surface area contributed by atoms with E-state index in [4.69, 9.17) is 25.8 Å². The van der Waals surface area contributed by atoms with Gasteiger partial charge in [0.25, 0.3) is 0 Å². The van der Waals surface area contributed by atoms with Crippen LogP contribution in [0.25, 0.3) is 21.9 Å². The van der Waals surface area contributed by atoms with Gasteiger partial charge >= 0.3 is 18.3 Å². The van der Waals surface area contributed by atoms with Gasteiger partial charge in [0.15, 0.2) is 0 Å². The highest BCUT2D eigenvalue weighted by Crippen LogP contribution is 2.38. The number of nitrogens with zero attached hydrogens (tertiary/aromatic N) is 3. The first-order chi connectivity index (χ1) is 23.4. The molecule has 50 heavy (non-hydrogen) atoms. The minimum absolute atomic E-state index is 0.0143. The lowest BCUT2D eigenvalue weighted by molar-refractivity contribution is -0.116. The number of carbonyl (C=O) groups excluding carboxylic acids is 4. The van der Waals surface area contributed by atoms with Crippen molar-refractivity contribution in [1.29, 1.82) is 0 Å². The molecule has 0 atom stereocenters. The van der Waals surface area contributed by atoms with Crippen molar-refractivity contribution in [2.45, 2.75) is 72.7 Å². The van der Waals surface area contributed by atoms with Gasteiger partial charge < -0.3 is 24.8 Å². The van der Waals surface area contributed by atoms with Crippen molar-refractivity contribution in [3.63, 3.8) is 0 Å². The number of imide groups is 1. The molecule has 4 aromatic rings. The second-order valence-electron chi connectivity index (χ2n) is 13.3. The number of rotatable bonds is 8. The van der Waals surface area contributed by atoms with Gasteiger partial charge in [0.05, 0.1) is 16.9 Å². The van der Waals surface area contributed by atoms with Crippen LogP contribution in [-0.4, -0.2) is 51.9 Å². The van der Waals surface area contributed by atoms with Crippen LogP contribution in [0.4, 0.5) is 30.3 Å². The van der Waals surface area contributed by atoms with Crippen LogP contribution in [0.2, 0.25) is 5.02 Å². The molecule has 0 aliphatic rings. The van der Waals surface area contributed by atoms with Gasteiger partial charge in [-0.2, -0.15) is 4.90 Å². The molecule has 4 amide bonds. The maximum Gasteiger partial charge on any atom is 0.424 e. The van der Waals surface area contributed by atoms with Crippen molar-refractivity contribution in [2.75, 3.05) is 16.8 Å². The molecule has 2 N–H and O–H groups in total. The first-order valence-electron chi connectivity index (χ1n) is 15.7. The number of amides is 4. The van der Waals surface area contributed by atoms with E-state index in [-0.39, 0.29) is 52.6 Å². The Labute approximate surface area is 294 Å². The Morgan fingerprint density at radius 1 is 0.900 bits per heavy atom. The Morgan fingerprint density at radius 3 is 2.16 bits per heavy atom. The summed E-state index contributed by atoms with van der Waals surface area (Å²) in [5.41, 5.74) is -0.488. The third-order valence-electron chi connectivity index (χ3n) is 6.87. The topological polar surface area (TPSA) is 149 Å². The van der Waals surface area contributed by atoms with Crippen LogP contribution in [0.5, 0.6) is 0 Å². The zero-order valence-electron chi connectivity index (χ0n) is 28.9. The number of alkyl carbamates (subject to hydrolysis) is 1. The van der Waals surface area contributed by atoms with Gasteiger partial charge in [0, 0.05) is 41.9 Å². The fourth-order valence-corrected chi connectivity index (χ4v) is 4.91. The minimum Gasteiger partial charge on any atom is -0.445 e. The average Bonchev–Trinajstić information content (AvgIpc) is 3.01. The van der Waals surface area contributed by atoms with E-state index in [0.29, 0.717) is 10.9 Å². The molecular formula is C36H39ClFN5O7. The molecule has 0 saturated carbocycles. The van der Waals surface area contributed by atoms with Crippen molar-refractivity contribution >= 4 is 58.1 Å². The van der Waals surface area contributed by atoms with E-state index in [1.54, 1.807) is 48.5 Å². The van der Waals surface area contributed by atoms with Crippen molar-refractivity contribution in [3.05, 3.63) is 83.0 Å². The molecule has 0 aliphatic heterocycles. The van der Waals surface area contributed by atoms with E-state index in [9.17, 15) is 19.2 Å². The van der Waals surface area contributed by atoms with Gasteiger partial charge in [-0.15, -0.1) is 0 Å². The molecular weight excluding hydrogens is 669 g/mol. The van der Waals surface area contributed by atoms with Gasteiger partial charge in [-0.3, -0.25) is 9.78 Å². The molecule has 2 aromatic heterocycles. The summed E-state index contributed by atoms with van der Waals surface area (Å²) in [6, 6.07) is 12.2. The summed E-state index contributed by atoms with van der Waals surface area (Å²) in [5, 5.41) is 5.65. The normalized spacial score (nSPS) is 11.5. The zero-order valence-corrected chi connectivity index (χ0v) is 29.6. The highest BCUT2D eigenvalue weighted by Gasteiger charge is 2.34. The molecule has 0 radical (unpaired) electrons. The molecule has 12 nitrogen and oxygen atoms in total. The van der Waals surface area contributed by atoms with Crippen LogP contribution >= 0.6 is 11.6 Å². The summed E-state index contributed by atoms with van der Waals surface area (Å²) in [7, 11) is 0. The smallest absolute Gasteiger partial charge is 0.424 e. The SMILES string of the molecule is Cc1c(-c2cc3cc(NC(=O)CCNC(=O)OCc4ccccc4)ncc3c(Cl)c2F)cncc1N(C(=O)OC(C)(C)C)C(=O)OC(C)(C)C. The van der Waals surface area contributed by atoms with Crippen LogP contribution < -0.4 is 15.5 Å². The number of aromatic nitrogens is 2. The standard InChI is InChI=1S/C36H39ClFN5O7/c1-21-25(17-39-19-27(21)43(33(46)49-35(2,3)4)34(47)50-36(5,6)7)24-15-23-16-28(41-18-26(23)30(37)31(24)38)42-29(44)13-14-40-32(45)48-20-22-11-9-8-10-12-22/h8-12,15-19H,13-14,20H2,1-7H3,(H,40,45)(H,41,42,44). The highest BCUT2D eigenvalue weighted by atomic mass is 35.5. The number of fused-ring (bicyclic) bond motifs is 1. The Morgan fingerprint density at radius 2 is 1.54 bits per heavy atom. The summed E-state index contributed by atoms with van der Waals surface area (Å²) in [5.74, 6) is -1.07. The maximum atomic E-state index is 15.9. The van der Waals surface area contributed by atoms with E-state index < -0.39 is 41.2 Å². The second kappa shape index (κ2) is 15.5. The van der Waals surface area contributed by atoms with Crippen LogP contribution in [-0.2, 0) is 25.6 Å². The number of anilines is 2. The summed E-state index contributed by atoms with van der Waals surface area (Å²) in [6.07, 6.45) is 1.25. The van der Waals surface area contributed by atoms with Crippen molar-refractivity contribution in [3.8, 4) is 11.1 Å². The number of halogens is 2. The molecule has 2 aromatic carbocycles. The average molecular weight is 708 g/mol.